The summed E-state index contributed by atoms with van der Waals surface area (Å²) in [5, 5.41) is 8.18. The monoisotopic (exact) mass is 544 g/mol. The van der Waals surface area contributed by atoms with Crippen molar-refractivity contribution in [2.24, 2.45) is 11.5 Å². The number of fused-ring (bicyclic) bond motifs is 5. The lowest BCUT2D eigenvalue weighted by Gasteiger charge is -2.24. The molecule has 0 saturated heterocycles. The highest BCUT2D eigenvalue weighted by atomic mass is 16.5. The summed E-state index contributed by atoms with van der Waals surface area (Å²) in [6.45, 7) is 7.02. The van der Waals surface area contributed by atoms with Crippen LogP contribution in [0.5, 0.6) is 0 Å². The molecule has 40 heavy (non-hydrogen) atoms. The lowest BCUT2D eigenvalue weighted by Crippen LogP contribution is -2.36. The largest absolute Gasteiger partial charge is 0.427 e. The summed E-state index contributed by atoms with van der Waals surface area (Å²) in [5.41, 5.74) is 14.2. The molecule has 2 unspecified atom stereocenters. The Bertz CT molecular complexity index is 1390. The number of nitrogens with two attached hydrogens (primary N) is 2. The van der Waals surface area contributed by atoms with E-state index in [4.69, 9.17) is 16.2 Å². The van der Waals surface area contributed by atoms with Crippen molar-refractivity contribution in [2.75, 3.05) is 26.2 Å². The van der Waals surface area contributed by atoms with Gasteiger partial charge in [0.1, 0.15) is 5.76 Å². The minimum Gasteiger partial charge on any atom is -0.427 e. The van der Waals surface area contributed by atoms with E-state index < -0.39 is 0 Å². The van der Waals surface area contributed by atoms with E-state index in [1.807, 2.05) is 30.9 Å². The molecule has 214 valence electrons. The van der Waals surface area contributed by atoms with Crippen molar-refractivity contribution < 1.29 is 14.3 Å². The Morgan fingerprint density at radius 3 is 2.52 bits per heavy atom. The number of nitrogens with one attached hydrogen (secondary N) is 1. The molecule has 0 aliphatic heterocycles. The van der Waals surface area contributed by atoms with Crippen LogP contribution in [0.4, 0.5) is 0 Å². The first-order valence-corrected chi connectivity index (χ1v) is 14.7. The molecule has 2 atom stereocenters. The number of benzene rings is 2. The van der Waals surface area contributed by atoms with Crippen LogP contribution in [0.3, 0.4) is 0 Å². The number of esters is 1. The van der Waals surface area contributed by atoms with E-state index in [1.165, 1.54) is 27.1 Å². The van der Waals surface area contributed by atoms with Crippen LogP contribution in [0.1, 0.15) is 63.5 Å². The Balaban J connectivity index is 1.27. The van der Waals surface area contributed by atoms with Crippen LogP contribution in [0.15, 0.2) is 42.2 Å². The number of hydrogen-bond donors (Lipinski definition) is 3. The van der Waals surface area contributed by atoms with Crippen molar-refractivity contribution >= 4 is 40.9 Å². The van der Waals surface area contributed by atoms with Crippen LogP contribution < -0.4 is 27.2 Å². The molecule has 2 aliphatic carbocycles. The number of carbonyl (C=O) groups is 2. The van der Waals surface area contributed by atoms with Gasteiger partial charge in [-0.3, -0.25) is 9.59 Å². The van der Waals surface area contributed by atoms with Gasteiger partial charge in [-0.1, -0.05) is 42.5 Å². The molecule has 0 bridgehead atoms. The van der Waals surface area contributed by atoms with Gasteiger partial charge in [-0.05, 0) is 104 Å². The number of allylic oxidation sites excluding steroid dienone is 3. The second-order valence-electron chi connectivity index (χ2n) is 11.1. The minimum absolute atomic E-state index is 0.0182. The Hall–Kier alpha value is -3.26. The maximum absolute atomic E-state index is 13.0. The molecule has 0 aromatic heterocycles. The standard InChI is InChI=1S/C33H44N4O3/c1-23(34)16-19-36-18-3-4-20-37(21-17-24(2)35)32(38)14-15-33(39)40-27-10-13-29-26(22-27)9-12-30-28-7-5-6-25(28)8-11-31(29)30/h5-12,22-24,36H,3-4,13-21,34-35H2,1-2H3. The Morgan fingerprint density at radius 1 is 0.950 bits per heavy atom. The third-order valence-corrected chi connectivity index (χ3v) is 7.56. The zero-order chi connectivity index (χ0) is 28.5. The average Bonchev–Trinajstić information content (AvgIpc) is 3.41. The minimum atomic E-state index is -0.385. The fourth-order valence-electron chi connectivity index (χ4n) is 5.23. The van der Waals surface area contributed by atoms with Gasteiger partial charge in [0, 0.05) is 31.6 Å². The molecule has 0 saturated carbocycles. The quantitative estimate of drug-likeness (QED) is 0.235. The highest BCUT2D eigenvalue weighted by molar-refractivity contribution is 5.96. The Labute approximate surface area is 237 Å². The first-order chi connectivity index (χ1) is 19.3. The van der Waals surface area contributed by atoms with Crippen molar-refractivity contribution in [3.63, 3.8) is 0 Å². The molecule has 1 amide bonds. The van der Waals surface area contributed by atoms with Crippen molar-refractivity contribution in [3.8, 4) is 0 Å². The van der Waals surface area contributed by atoms with Crippen LogP contribution in [0, 0.1) is 0 Å². The predicted octanol–water partition coefficient (Wildman–Crippen LogP) is 2.86. The third kappa shape index (κ3) is 8.13. The first-order valence-electron chi connectivity index (χ1n) is 14.7. The summed E-state index contributed by atoms with van der Waals surface area (Å²) in [5.74, 6) is 0.132. The van der Waals surface area contributed by atoms with Gasteiger partial charge in [0.05, 0.1) is 6.42 Å². The van der Waals surface area contributed by atoms with E-state index in [1.54, 1.807) is 0 Å². The van der Waals surface area contributed by atoms with Crippen LogP contribution in [-0.4, -0.2) is 55.0 Å². The molecule has 2 aromatic rings. The lowest BCUT2D eigenvalue weighted by molar-refractivity contribution is -0.142. The molecule has 0 spiro atoms. The SMILES string of the molecule is CC(N)CCNCCCCN(CCC(C)N)C(=O)CCC(=O)OC1=CCc2c(ccc3c4c(ccc23)=CC=C4)=C1. The topological polar surface area (TPSA) is 111 Å². The molecule has 4 rings (SSSR count). The zero-order valence-corrected chi connectivity index (χ0v) is 24.0. The van der Waals surface area contributed by atoms with Crippen LogP contribution in [0.2, 0.25) is 0 Å². The zero-order valence-electron chi connectivity index (χ0n) is 24.0. The molecule has 5 N–H and O–H groups in total. The van der Waals surface area contributed by atoms with Gasteiger partial charge in [-0.15, -0.1) is 0 Å². The van der Waals surface area contributed by atoms with E-state index in [0.29, 0.717) is 25.3 Å². The maximum atomic E-state index is 13.0. The number of unbranched alkanes of at least 4 members (excludes halogenated alkanes) is 1. The summed E-state index contributed by atoms with van der Waals surface area (Å²) in [6.07, 6.45) is 14.7. The maximum Gasteiger partial charge on any atom is 0.311 e. The fourth-order valence-corrected chi connectivity index (χ4v) is 5.23. The summed E-state index contributed by atoms with van der Waals surface area (Å²) in [6, 6.07) is 8.79. The highest BCUT2D eigenvalue weighted by Gasteiger charge is 2.18. The van der Waals surface area contributed by atoms with E-state index >= 15 is 0 Å². The molecule has 7 heteroatoms. The van der Waals surface area contributed by atoms with E-state index in [2.05, 4.69) is 47.8 Å². The summed E-state index contributed by atoms with van der Waals surface area (Å²) in [4.78, 5) is 27.5. The smallest absolute Gasteiger partial charge is 0.311 e. The number of ether oxygens (including phenoxy) is 1. The van der Waals surface area contributed by atoms with Gasteiger partial charge in [-0.25, -0.2) is 0 Å². The predicted molar refractivity (Wildman–Crippen MR) is 163 cm³/mol. The van der Waals surface area contributed by atoms with Gasteiger partial charge in [0.15, 0.2) is 0 Å². The molecule has 2 aromatic carbocycles. The molecular weight excluding hydrogens is 500 g/mol. The number of amides is 1. The van der Waals surface area contributed by atoms with Crippen LogP contribution in [0.25, 0.3) is 29.0 Å². The summed E-state index contributed by atoms with van der Waals surface area (Å²) < 4.78 is 5.66. The third-order valence-electron chi connectivity index (χ3n) is 7.56. The second kappa shape index (κ2) is 14.4. The molecule has 2 aliphatic rings. The molecule has 0 fully saturated rings. The Morgan fingerprint density at radius 2 is 1.73 bits per heavy atom. The fraction of sp³-hybridized carbons (Fsp3) is 0.455. The van der Waals surface area contributed by atoms with Crippen molar-refractivity contribution in [3.05, 3.63) is 63.7 Å². The van der Waals surface area contributed by atoms with Crippen LogP contribution >= 0.6 is 0 Å². The van der Waals surface area contributed by atoms with Gasteiger partial charge in [0.2, 0.25) is 5.91 Å². The van der Waals surface area contributed by atoms with E-state index in [9.17, 15) is 9.59 Å². The molecular formula is C33H44N4O3. The Kier molecular flexibility index (Phi) is 10.7. The highest BCUT2D eigenvalue weighted by Crippen LogP contribution is 2.23. The lowest BCUT2D eigenvalue weighted by atomic mass is 9.94. The van der Waals surface area contributed by atoms with Gasteiger partial charge >= 0.3 is 5.97 Å². The number of carbonyl (C=O) groups excluding carboxylic acids is 2. The molecule has 0 radical (unpaired) electrons. The average molecular weight is 545 g/mol. The summed E-state index contributed by atoms with van der Waals surface area (Å²) >= 11 is 0. The second-order valence-corrected chi connectivity index (χ2v) is 11.1. The molecule has 0 heterocycles. The number of hydrogen-bond acceptors (Lipinski definition) is 6. The summed E-state index contributed by atoms with van der Waals surface area (Å²) in [7, 11) is 0. The normalized spacial score (nSPS) is 14.9. The van der Waals surface area contributed by atoms with E-state index in [0.717, 1.165) is 44.0 Å². The molecule has 7 nitrogen and oxygen atoms in total. The van der Waals surface area contributed by atoms with Crippen molar-refractivity contribution in [2.45, 2.75) is 70.9 Å². The van der Waals surface area contributed by atoms with Crippen LogP contribution in [-0.2, 0) is 20.7 Å². The number of rotatable bonds is 15. The van der Waals surface area contributed by atoms with Gasteiger partial charge < -0.3 is 26.4 Å². The first kappa shape index (κ1) is 29.7. The van der Waals surface area contributed by atoms with Gasteiger partial charge in [-0.2, -0.15) is 0 Å². The van der Waals surface area contributed by atoms with Crippen molar-refractivity contribution in [1.82, 2.24) is 10.2 Å². The van der Waals surface area contributed by atoms with Crippen molar-refractivity contribution in [1.29, 1.82) is 0 Å². The van der Waals surface area contributed by atoms with Gasteiger partial charge in [0.25, 0.3) is 0 Å². The van der Waals surface area contributed by atoms with E-state index in [-0.39, 0.29) is 36.8 Å². The number of nitrogens with zero attached hydrogens (tertiary/aromatic N) is 1.